The van der Waals surface area contributed by atoms with Gasteiger partial charge in [-0.15, -0.1) is 0 Å². The average molecular weight is 382 g/mol. The minimum atomic E-state index is -0.289. The van der Waals surface area contributed by atoms with Crippen LogP contribution in [0.15, 0.2) is 60.8 Å². The monoisotopic (exact) mass is 381 g/mol. The predicted octanol–water partition coefficient (Wildman–Crippen LogP) is 4.92. The zero-order valence-corrected chi connectivity index (χ0v) is 15.9. The van der Waals surface area contributed by atoms with Crippen LogP contribution in [0, 0.1) is 6.92 Å². The third-order valence-electron chi connectivity index (χ3n) is 4.01. The number of nitrogens with one attached hydrogen (secondary N) is 2. The van der Waals surface area contributed by atoms with Gasteiger partial charge in [0.25, 0.3) is 5.91 Å². The highest BCUT2D eigenvalue weighted by molar-refractivity contribution is 6.30. The van der Waals surface area contributed by atoms with E-state index >= 15 is 0 Å². The van der Waals surface area contributed by atoms with Crippen LogP contribution >= 0.6 is 11.6 Å². The minimum absolute atomic E-state index is 0.289. The van der Waals surface area contributed by atoms with Crippen molar-refractivity contribution in [2.75, 3.05) is 17.7 Å². The molecular formula is C21H20ClN3O2. The van der Waals surface area contributed by atoms with E-state index in [1.54, 1.807) is 19.4 Å². The van der Waals surface area contributed by atoms with Gasteiger partial charge in [-0.3, -0.25) is 4.79 Å². The molecule has 0 spiro atoms. The maximum Gasteiger partial charge on any atom is 0.274 e. The van der Waals surface area contributed by atoms with Gasteiger partial charge in [0.15, 0.2) is 0 Å². The lowest BCUT2D eigenvalue weighted by Crippen LogP contribution is -2.14. The second-order valence-electron chi connectivity index (χ2n) is 6.07. The summed E-state index contributed by atoms with van der Waals surface area (Å²) in [6.45, 7) is 2.60. The normalized spacial score (nSPS) is 10.3. The fraction of sp³-hybridized carbons (Fsp3) is 0.143. The molecule has 0 radical (unpaired) electrons. The summed E-state index contributed by atoms with van der Waals surface area (Å²) in [4.78, 5) is 16.7. The van der Waals surface area contributed by atoms with Crippen molar-refractivity contribution in [2.45, 2.75) is 13.5 Å². The van der Waals surface area contributed by atoms with Gasteiger partial charge < -0.3 is 15.4 Å². The molecule has 0 atom stereocenters. The van der Waals surface area contributed by atoms with E-state index in [2.05, 4.69) is 15.6 Å². The van der Waals surface area contributed by atoms with Crippen molar-refractivity contribution in [3.05, 3.63) is 82.6 Å². The number of carbonyl (C=O) groups excluding carboxylic acids is 1. The summed E-state index contributed by atoms with van der Waals surface area (Å²) < 4.78 is 5.28. The highest BCUT2D eigenvalue weighted by atomic mass is 35.5. The van der Waals surface area contributed by atoms with Gasteiger partial charge in [0, 0.05) is 11.6 Å². The first kappa shape index (κ1) is 18.7. The van der Waals surface area contributed by atoms with Crippen LogP contribution in [0.1, 0.15) is 21.6 Å². The minimum Gasteiger partial charge on any atom is -0.495 e. The summed E-state index contributed by atoms with van der Waals surface area (Å²) in [6, 6.07) is 16.7. The molecule has 1 amide bonds. The van der Waals surface area contributed by atoms with Crippen molar-refractivity contribution in [1.29, 1.82) is 0 Å². The number of anilines is 2. The molecule has 0 fully saturated rings. The van der Waals surface area contributed by atoms with Crippen LogP contribution in [-0.2, 0) is 6.54 Å². The lowest BCUT2D eigenvalue weighted by molar-refractivity contribution is 0.102. The largest absolute Gasteiger partial charge is 0.495 e. The molecule has 0 aliphatic heterocycles. The van der Waals surface area contributed by atoms with Gasteiger partial charge in [-0.05, 0) is 54.4 Å². The molecule has 1 heterocycles. The smallest absolute Gasteiger partial charge is 0.274 e. The summed E-state index contributed by atoms with van der Waals surface area (Å²) >= 11 is 5.89. The number of hydrogen-bond acceptors (Lipinski definition) is 4. The van der Waals surface area contributed by atoms with E-state index in [1.807, 2.05) is 55.5 Å². The van der Waals surface area contributed by atoms with Gasteiger partial charge in [-0.2, -0.15) is 0 Å². The van der Waals surface area contributed by atoms with Gasteiger partial charge in [0.1, 0.15) is 11.4 Å². The van der Waals surface area contributed by atoms with Crippen LogP contribution in [0.4, 0.5) is 11.4 Å². The van der Waals surface area contributed by atoms with Crippen LogP contribution in [0.3, 0.4) is 0 Å². The van der Waals surface area contributed by atoms with Gasteiger partial charge in [0.2, 0.25) is 0 Å². The summed E-state index contributed by atoms with van der Waals surface area (Å²) in [5, 5.41) is 6.82. The number of rotatable bonds is 6. The van der Waals surface area contributed by atoms with Crippen LogP contribution in [0.25, 0.3) is 0 Å². The molecular weight excluding hydrogens is 362 g/mol. The second-order valence-corrected chi connectivity index (χ2v) is 6.51. The maximum absolute atomic E-state index is 12.5. The van der Waals surface area contributed by atoms with Crippen molar-refractivity contribution in [3.63, 3.8) is 0 Å². The molecule has 0 bridgehead atoms. The third kappa shape index (κ3) is 4.99. The first-order chi connectivity index (χ1) is 13.0. The standard InChI is InChI=1S/C21H20ClN3O2/c1-14-3-10-20(27-2)19(11-14)25-21(26)18-9-8-17(13-24-18)23-12-15-4-6-16(22)7-5-15/h3-11,13,23H,12H2,1-2H3,(H,25,26). The highest BCUT2D eigenvalue weighted by Gasteiger charge is 2.11. The van der Waals surface area contributed by atoms with Crippen molar-refractivity contribution < 1.29 is 9.53 Å². The fourth-order valence-electron chi connectivity index (χ4n) is 2.54. The lowest BCUT2D eigenvalue weighted by atomic mass is 10.2. The van der Waals surface area contributed by atoms with Crippen LogP contribution < -0.4 is 15.4 Å². The number of pyridine rings is 1. The lowest BCUT2D eigenvalue weighted by Gasteiger charge is -2.11. The molecule has 6 heteroatoms. The summed E-state index contributed by atoms with van der Waals surface area (Å²) in [6.07, 6.45) is 1.64. The molecule has 27 heavy (non-hydrogen) atoms. The molecule has 3 rings (SSSR count). The molecule has 2 N–H and O–H groups in total. The number of aromatic nitrogens is 1. The number of aryl methyl sites for hydroxylation is 1. The van der Waals surface area contributed by atoms with Crippen molar-refractivity contribution in [3.8, 4) is 5.75 Å². The first-order valence-corrected chi connectivity index (χ1v) is 8.83. The summed E-state index contributed by atoms with van der Waals surface area (Å²) in [5.74, 6) is 0.318. The topological polar surface area (TPSA) is 63.2 Å². The van der Waals surface area contributed by atoms with E-state index in [0.29, 0.717) is 28.7 Å². The van der Waals surface area contributed by atoms with Crippen LogP contribution in [0.2, 0.25) is 5.02 Å². The quantitative estimate of drug-likeness (QED) is 0.636. The Balaban J connectivity index is 1.63. The molecule has 0 aliphatic rings. The number of ether oxygens (including phenoxy) is 1. The average Bonchev–Trinajstić information content (AvgIpc) is 2.68. The Hall–Kier alpha value is -3.05. The zero-order chi connectivity index (χ0) is 19.2. The van der Waals surface area contributed by atoms with E-state index in [9.17, 15) is 4.79 Å². The Labute approximate surface area is 163 Å². The fourth-order valence-corrected chi connectivity index (χ4v) is 2.67. The molecule has 0 saturated heterocycles. The Morgan fingerprint density at radius 2 is 1.89 bits per heavy atom. The Kier molecular flexibility index (Phi) is 5.94. The van der Waals surface area contributed by atoms with E-state index in [-0.39, 0.29) is 5.91 Å². The van der Waals surface area contributed by atoms with Gasteiger partial charge in [0.05, 0.1) is 24.7 Å². The third-order valence-corrected chi connectivity index (χ3v) is 4.26. The molecule has 0 saturated carbocycles. The van der Waals surface area contributed by atoms with E-state index < -0.39 is 0 Å². The highest BCUT2D eigenvalue weighted by Crippen LogP contribution is 2.25. The van der Waals surface area contributed by atoms with Crippen LogP contribution in [0.5, 0.6) is 5.75 Å². The Morgan fingerprint density at radius 3 is 2.56 bits per heavy atom. The molecule has 0 unspecified atom stereocenters. The number of nitrogens with zero attached hydrogens (tertiary/aromatic N) is 1. The van der Waals surface area contributed by atoms with Gasteiger partial charge >= 0.3 is 0 Å². The summed E-state index contributed by atoms with van der Waals surface area (Å²) in [7, 11) is 1.57. The number of amides is 1. The van der Waals surface area contributed by atoms with Crippen molar-refractivity contribution in [2.24, 2.45) is 0 Å². The number of methoxy groups -OCH3 is 1. The van der Waals surface area contributed by atoms with E-state index in [1.165, 1.54) is 0 Å². The number of halogens is 1. The van der Waals surface area contributed by atoms with Gasteiger partial charge in [-0.25, -0.2) is 4.98 Å². The molecule has 1 aromatic heterocycles. The SMILES string of the molecule is COc1ccc(C)cc1NC(=O)c1ccc(NCc2ccc(Cl)cc2)cn1. The summed E-state index contributed by atoms with van der Waals surface area (Å²) in [5.41, 5.74) is 3.91. The number of hydrogen-bond donors (Lipinski definition) is 2. The molecule has 3 aromatic rings. The zero-order valence-electron chi connectivity index (χ0n) is 15.1. The Morgan fingerprint density at radius 1 is 1.11 bits per heavy atom. The number of benzene rings is 2. The molecule has 138 valence electrons. The molecule has 5 nitrogen and oxygen atoms in total. The predicted molar refractivity (Wildman–Crippen MR) is 109 cm³/mol. The molecule has 2 aromatic carbocycles. The number of carbonyl (C=O) groups is 1. The second kappa shape index (κ2) is 8.56. The van der Waals surface area contributed by atoms with Crippen molar-refractivity contribution >= 4 is 28.9 Å². The van der Waals surface area contributed by atoms with E-state index in [4.69, 9.17) is 16.3 Å². The molecule has 0 aliphatic carbocycles. The van der Waals surface area contributed by atoms with E-state index in [0.717, 1.165) is 16.8 Å². The van der Waals surface area contributed by atoms with Crippen molar-refractivity contribution in [1.82, 2.24) is 4.98 Å². The first-order valence-electron chi connectivity index (χ1n) is 8.45. The van der Waals surface area contributed by atoms with Gasteiger partial charge in [-0.1, -0.05) is 29.8 Å². The van der Waals surface area contributed by atoms with Crippen LogP contribution in [-0.4, -0.2) is 18.0 Å². The maximum atomic E-state index is 12.5. The Bertz CT molecular complexity index is 925.